The van der Waals surface area contributed by atoms with Crippen molar-refractivity contribution in [2.75, 3.05) is 13.7 Å². The summed E-state index contributed by atoms with van der Waals surface area (Å²) in [5.74, 6) is 0.453. The normalized spacial score (nSPS) is 15.2. The molecular formula is C24H22N4O7. The summed E-state index contributed by atoms with van der Waals surface area (Å²) in [6.45, 7) is 0.590. The molecule has 0 unspecified atom stereocenters. The summed E-state index contributed by atoms with van der Waals surface area (Å²) in [7, 11) is 4.53. The van der Waals surface area contributed by atoms with Crippen LogP contribution in [0, 0.1) is 10.1 Å². The van der Waals surface area contributed by atoms with Crippen LogP contribution in [-0.2, 0) is 25.4 Å². The Morgan fingerprint density at radius 1 is 1.11 bits per heavy atom. The van der Waals surface area contributed by atoms with E-state index in [2.05, 4.69) is 0 Å². The zero-order chi connectivity index (χ0) is 25.0. The summed E-state index contributed by atoms with van der Waals surface area (Å²) in [5, 5.41) is 22.3. The van der Waals surface area contributed by atoms with Gasteiger partial charge in [0.2, 0.25) is 0 Å². The van der Waals surface area contributed by atoms with Gasteiger partial charge in [-0.05, 0) is 35.9 Å². The monoisotopic (exact) mass is 478 g/mol. The number of benzene rings is 2. The molecule has 1 aliphatic rings. The number of hydrogen-bond acceptors (Lipinski definition) is 7. The largest absolute Gasteiger partial charge is 0.508 e. The highest BCUT2D eigenvalue weighted by Crippen LogP contribution is 2.43. The Morgan fingerprint density at radius 2 is 1.83 bits per heavy atom. The topological polar surface area (TPSA) is 131 Å². The number of methoxy groups -OCH3 is 1. The van der Waals surface area contributed by atoms with Gasteiger partial charge < -0.3 is 19.1 Å². The molecule has 0 spiro atoms. The number of non-ortho nitro benzene ring substituents is 1. The number of aromatic nitrogens is 3. The van der Waals surface area contributed by atoms with Crippen molar-refractivity contribution >= 4 is 16.6 Å². The van der Waals surface area contributed by atoms with E-state index in [0.717, 1.165) is 10.1 Å². The molecule has 0 amide bonds. The van der Waals surface area contributed by atoms with Gasteiger partial charge in [-0.1, -0.05) is 0 Å². The van der Waals surface area contributed by atoms with E-state index in [4.69, 9.17) is 9.47 Å². The summed E-state index contributed by atoms with van der Waals surface area (Å²) >= 11 is 0. The molecule has 0 bridgehead atoms. The van der Waals surface area contributed by atoms with Crippen molar-refractivity contribution < 1.29 is 19.5 Å². The molecule has 1 atom stereocenters. The van der Waals surface area contributed by atoms with Crippen molar-refractivity contribution in [1.82, 2.24) is 13.7 Å². The minimum absolute atomic E-state index is 0.175. The van der Waals surface area contributed by atoms with Crippen LogP contribution in [0.2, 0.25) is 0 Å². The van der Waals surface area contributed by atoms with Crippen molar-refractivity contribution in [3.63, 3.8) is 0 Å². The lowest BCUT2D eigenvalue weighted by molar-refractivity contribution is -0.385. The molecule has 0 saturated heterocycles. The van der Waals surface area contributed by atoms with Crippen molar-refractivity contribution in [3.05, 3.63) is 84.7 Å². The first-order valence-corrected chi connectivity index (χ1v) is 10.8. The van der Waals surface area contributed by atoms with E-state index in [1.165, 1.54) is 29.8 Å². The van der Waals surface area contributed by atoms with Gasteiger partial charge in [0.05, 0.1) is 40.9 Å². The van der Waals surface area contributed by atoms with Gasteiger partial charge >= 0.3 is 5.69 Å². The molecule has 1 aliphatic heterocycles. The number of aromatic hydroxyl groups is 1. The number of nitro benzene ring substituents is 1. The molecule has 180 valence electrons. The standard InChI is InChI=1S/C24H22N4O7/c1-25-20-18(23(30)26(2)24(25)31)19(13-4-7-15(34-3)8-5-13)27-10-11-35-22(21(20)27)16-12-14(28(32)33)6-9-17(16)29/h4-9,12,22,29H,10-11H2,1-3H3/t22-/m0/s1. The number of ether oxygens (including phenoxy) is 2. The smallest absolute Gasteiger partial charge is 0.331 e. The van der Waals surface area contributed by atoms with E-state index in [-0.39, 0.29) is 23.6 Å². The van der Waals surface area contributed by atoms with Crippen LogP contribution in [0.3, 0.4) is 0 Å². The maximum Gasteiger partial charge on any atom is 0.331 e. The Bertz CT molecular complexity index is 1610. The molecule has 4 aromatic rings. The Labute approximate surface area is 198 Å². The van der Waals surface area contributed by atoms with Gasteiger partial charge in [0, 0.05) is 38.3 Å². The van der Waals surface area contributed by atoms with Gasteiger partial charge in [0.15, 0.2) is 0 Å². The molecule has 2 aromatic heterocycles. The molecular weight excluding hydrogens is 456 g/mol. The summed E-state index contributed by atoms with van der Waals surface area (Å²) in [4.78, 5) is 37.2. The molecule has 1 N–H and O–H groups in total. The van der Waals surface area contributed by atoms with Crippen LogP contribution in [0.5, 0.6) is 11.5 Å². The molecule has 0 saturated carbocycles. The molecule has 0 aliphatic carbocycles. The van der Waals surface area contributed by atoms with Crippen molar-refractivity contribution in [3.8, 4) is 22.8 Å². The fourth-order valence-electron chi connectivity index (χ4n) is 4.73. The summed E-state index contributed by atoms with van der Waals surface area (Å²) in [6, 6.07) is 10.9. The summed E-state index contributed by atoms with van der Waals surface area (Å²) < 4.78 is 15.6. The number of aryl methyl sites for hydroxylation is 1. The molecule has 35 heavy (non-hydrogen) atoms. The van der Waals surface area contributed by atoms with E-state index in [9.17, 15) is 24.8 Å². The highest BCUT2D eigenvalue weighted by atomic mass is 16.6. The molecule has 2 aromatic carbocycles. The predicted molar refractivity (Wildman–Crippen MR) is 127 cm³/mol. The molecule has 0 fully saturated rings. The van der Waals surface area contributed by atoms with Gasteiger partial charge in [-0.2, -0.15) is 0 Å². The number of fused-ring (bicyclic) bond motifs is 3. The van der Waals surface area contributed by atoms with E-state index < -0.39 is 22.3 Å². The number of rotatable bonds is 4. The van der Waals surface area contributed by atoms with Gasteiger partial charge in [-0.25, -0.2) is 4.79 Å². The van der Waals surface area contributed by atoms with Gasteiger partial charge in [-0.3, -0.25) is 24.0 Å². The fraction of sp³-hybridized carbons (Fsp3) is 0.250. The second-order valence-corrected chi connectivity index (χ2v) is 8.29. The first-order valence-electron chi connectivity index (χ1n) is 10.8. The van der Waals surface area contributed by atoms with Gasteiger partial charge in [0.25, 0.3) is 11.2 Å². The number of nitrogens with zero attached hydrogens (tertiary/aromatic N) is 4. The Balaban J connectivity index is 1.90. The molecule has 5 rings (SSSR count). The van der Waals surface area contributed by atoms with Gasteiger partial charge in [-0.15, -0.1) is 0 Å². The maximum absolute atomic E-state index is 13.4. The van der Waals surface area contributed by atoms with Crippen LogP contribution in [0.1, 0.15) is 17.4 Å². The predicted octanol–water partition coefficient (Wildman–Crippen LogP) is 2.45. The Hall–Kier alpha value is -4.38. The van der Waals surface area contributed by atoms with E-state index in [0.29, 0.717) is 34.6 Å². The third-order valence-corrected chi connectivity index (χ3v) is 6.42. The van der Waals surface area contributed by atoms with E-state index in [1.54, 1.807) is 26.3 Å². The van der Waals surface area contributed by atoms with Crippen LogP contribution in [0.25, 0.3) is 22.2 Å². The third-order valence-electron chi connectivity index (χ3n) is 6.42. The minimum atomic E-state index is -0.948. The number of nitro groups is 1. The van der Waals surface area contributed by atoms with Crippen molar-refractivity contribution in [2.45, 2.75) is 12.6 Å². The minimum Gasteiger partial charge on any atom is -0.508 e. The van der Waals surface area contributed by atoms with E-state index in [1.807, 2.05) is 16.7 Å². The van der Waals surface area contributed by atoms with E-state index >= 15 is 0 Å². The Kier molecular flexibility index (Phi) is 5.21. The van der Waals surface area contributed by atoms with Crippen LogP contribution >= 0.6 is 0 Å². The fourth-order valence-corrected chi connectivity index (χ4v) is 4.73. The molecule has 11 heteroatoms. The first-order chi connectivity index (χ1) is 16.7. The lowest BCUT2D eigenvalue weighted by Crippen LogP contribution is -2.37. The van der Waals surface area contributed by atoms with Crippen molar-refractivity contribution in [2.24, 2.45) is 14.1 Å². The van der Waals surface area contributed by atoms with Crippen LogP contribution in [-0.4, -0.2) is 37.4 Å². The van der Waals surface area contributed by atoms with Gasteiger partial charge in [0.1, 0.15) is 17.6 Å². The highest BCUT2D eigenvalue weighted by Gasteiger charge is 2.35. The maximum atomic E-state index is 13.4. The average molecular weight is 478 g/mol. The SMILES string of the molecule is COc1ccc(-c2c3c(=O)n(C)c(=O)n(C)c3c3n2CCO[C@H]3c2cc([N+](=O)[O-])ccc2O)cc1. The summed E-state index contributed by atoms with van der Waals surface area (Å²) in [6.07, 6.45) is -0.948. The second-order valence-electron chi connectivity index (χ2n) is 8.29. The zero-order valence-corrected chi connectivity index (χ0v) is 19.2. The number of hydrogen-bond donors (Lipinski definition) is 1. The quantitative estimate of drug-likeness (QED) is 0.352. The molecule has 11 nitrogen and oxygen atoms in total. The zero-order valence-electron chi connectivity index (χ0n) is 19.2. The lowest BCUT2D eigenvalue weighted by atomic mass is 10.0. The lowest BCUT2D eigenvalue weighted by Gasteiger charge is -2.28. The summed E-state index contributed by atoms with van der Waals surface area (Å²) in [5.41, 5.74) is 1.09. The van der Waals surface area contributed by atoms with Crippen molar-refractivity contribution in [1.29, 1.82) is 0 Å². The molecule has 3 heterocycles. The first kappa shape index (κ1) is 22.4. The number of phenols is 1. The number of phenolic OH excluding ortho intramolecular Hbond substituents is 1. The average Bonchev–Trinajstić information content (AvgIpc) is 3.22. The van der Waals surface area contributed by atoms with Crippen LogP contribution in [0.4, 0.5) is 5.69 Å². The Morgan fingerprint density at radius 3 is 2.49 bits per heavy atom. The second kappa shape index (κ2) is 8.13. The van der Waals surface area contributed by atoms with Crippen LogP contribution in [0.15, 0.2) is 52.1 Å². The third kappa shape index (κ3) is 3.31. The highest BCUT2D eigenvalue weighted by molar-refractivity contribution is 5.96. The van der Waals surface area contributed by atoms with Crippen LogP contribution < -0.4 is 16.0 Å². The molecule has 0 radical (unpaired) electrons.